The summed E-state index contributed by atoms with van der Waals surface area (Å²) >= 11 is 8.01. The molecule has 2 rings (SSSR count). The van der Waals surface area contributed by atoms with E-state index >= 15 is 0 Å². The lowest BCUT2D eigenvalue weighted by atomic mass is 10.1. The second-order valence-corrected chi connectivity index (χ2v) is 6.28. The second kappa shape index (κ2) is 5.80. The Morgan fingerprint density at radius 3 is 2.94 bits per heavy atom. The van der Waals surface area contributed by atoms with E-state index in [1.54, 1.807) is 6.07 Å². The Hall–Kier alpha value is -0.940. The SMILES string of the molecule is CC1SCCCC1Nc1ccc([N+](=O)[O-])cc1Cl. The van der Waals surface area contributed by atoms with Crippen LogP contribution in [0.25, 0.3) is 0 Å². The summed E-state index contributed by atoms with van der Waals surface area (Å²) in [5, 5.41) is 15.0. The van der Waals surface area contributed by atoms with Crippen LogP contribution >= 0.6 is 23.4 Å². The van der Waals surface area contributed by atoms with Gasteiger partial charge in [-0.15, -0.1) is 0 Å². The van der Waals surface area contributed by atoms with Gasteiger partial charge in [0.15, 0.2) is 0 Å². The molecule has 0 aromatic heterocycles. The molecule has 0 saturated carbocycles. The van der Waals surface area contributed by atoms with Gasteiger partial charge < -0.3 is 5.32 Å². The van der Waals surface area contributed by atoms with Gasteiger partial charge >= 0.3 is 0 Å². The van der Waals surface area contributed by atoms with E-state index in [2.05, 4.69) is 12.2 Å². The monoisotopic (exact) mass is 286 g/mol. The number of non-ortho nitro benzene ring substituents is 1. The van der Waals surface area contributed by atoms with Crippen molar-refractivity contribution >= 4 is 34.7 Å². The van der Waals surface area contributed by atoms with Crippen LogP contribution < -0.4 is 5.32 Å². The van der Waals surface area contributed by atoms with Gasteiger partial charge in [0.25, 0.3) is 5.69 Å². The molecule has 98 valence electrons. The predicted molar refractivity (Wildman–Crippen MR) is 76.7 cm³/mol. The number of nitrogens with one attached hydrogen (secondary N) is 1. The zero-order chi connectivity index (χ0) is 13.1. The molecular formula is C12H15ClN2O2S. The Kier molecular flexibility index (Phi) is 4.35. The average Bonchev–Trinajstić information content (AvgIpc) is 2.34. The molecule has 0 aliphatic carbocycles. The van der Waals surface area contributed by atoms with Crippen molar-refractivity contribution in [2.24, 2.45) is 0 Å². The maximum absolute atomic E-state index is 10.6. The highest BCUT2D eigenvalue weighted by Crippen LogP contribution is 2.31. The van der Waals surface area contributed by atoms with E-state index in [9.17, 15) is 10.1 Å². The third-order valence-electron chi connectivity index (χ3n) is 3.11. The largest absolute Gasteiger partial charge is 0.380 e. The molecule has 0 bridgehead atoms. The minimum absolute atomic E-state index is 0.0246. The van der Waals surface area contributed by atoms with E-state index in [-0.39, 0.29) is 5.69 Å². The molecule has 6 heteroatoms. The number of nitrogens with zero attached hydrogens (tertiary/aromatic N) is 1. The van der Waals surface area contributed by atoms with Crippen LogP contribution in [0.2, 0.25) is 5.02 Å². The predicted octanol–water partition coefficient (Wildman–Crippen LogP) is 3.94. The first kappa shape index (κ1) is 13.5. The third-order valence-corrected chi connectivity index (χ3v) is 4.80. The molecule has 2 unspecified atom stereocenters. The standard InChI is InChI=1S/C12H15ClN2O2S/c1-8-11(3-2-6-18-8)14-12-5-4-9(15(16)17)7-10(12)13/h4-5,7-8,11,14H,2-3,6H2,1H3. The quantitative estimate of drug-likeness (QED) is 0.675. The van der Waals surface area contributed by atoms with Crippen molar-refractivity contribution in [1.29, 1.82) is 0 Å². The molecular weight excluding hydrogens is 272 g/mol. The first-order valence-electron chi connectivity index (χ1n) is 5.90. The molecule has 1 aliphatic rings. The first-order chi connectivity index (χ1) is 8.58. The van der Waals surface area contributed by atoms with Gasteiger partial charge in [0.1, 0.15) is 0 Å². The minimum Gasteiger partial charge on any atom is -0.380 e. The van der Waals surface area contributed by atoms with Gasteiger partial charge in [-0.05, 0) is 24.7 Å². The van der Waals surface area contributed by atoms with Crippen molar-refractivity contribution in [2.75, 3.05) is 11.1 Å². The molecule has 0 amide bonds. The number of hydrogen-bond acceptors (Lipinski definition) is 4. The number of hydrogen-bond donors (Lipinski definition) is 1. The van der Waals surface area contributed by atoms with Gasteiger partial charge in [-0.1, -0.05) is 18.5 Å². The maximum Gasteiger partial charge on any atom is 0.271 e. The summed E-state index contributed by atoms with van der Waals surface area (Å²) in [7, 11) is 0. The Morgan fingerprint density at radius 2 is 2.33 bits per heavy atom. The van der Waals surface area contributed by atoms with Gasteiger partial charge in [0.05, 0.1) is 15.6 Å². The zero-order valence-corrected chi connectivity index (χ0v) is 11.6. The van der Waals surface area contributed by atoms with E-state index < -0.39 is 4.92 Å². The normalized spacial score (nSPS) is 23.7. The molecule has 1 fully saturated rings. The summed E-state index contributed by atoms with van der Waals surface area (Å²) in [4.78, 5) is 10.2. The molecule has 1 N–H and O–H groups in total. The van der Waals surface area contributed by atoms with Crippen molar-refractivity contribution in [3.63, 3.8) is 0 Å². The molecule has 1 aromatic carbocycles. The lowest BCUT2D eigenvalue weighted by molar-refractivity contribution is -0.384. The van der Waals surface area contributed by atoms with Gasteiger partial charge in [-0.25, -0.2) is 0 Å². The van der Waals surface area contributed by atoms with Gasteiger partial charge in [0, 0.05) is 23.4 Å². The van der Waals surface area contributed by atoms with Crippen LogP contribution in [0.15, 0.2) is 18.2 Å². The van der Waals surface area contributed by atoms with E-state index in [1.807, 2.05) is 11.8 Å². The molecule has 0 spiro atoms. The zero-order valence-electron chi connectivity index (χ0n) is 10.1. The lowest BCUT2D eigenvalue weighted by Gasteiger charge is -2.30. The molecule has 1 saturated heterocycles. The van der Waals surface area contributed by atoms with Gasteiger partial charge in [0.2, 0.25) is 0 Å². The highest BCUT2D eigenvalue weighted by atomic mass is 35.5. The van der Waals surface area contributed by atoms with Crippen LogP contribution in [0.3, 0.4) is 0 Å². The summed E-state index contributed by atoms with van der Waals surface area (Å²) in [5.41, 5.74) is 0.804. The molecule has 18 heavy (non-hydrogen) atoms. The van der Waals surface area contributed by atoms with Crippen LogP contribution in [-0.4, -0.2) is 22.0 Å². The van der Waals surface area contributed by atoms with E-state index in [0.717, 1.165) is 12.1 Å². The third kappa shape index (κ3) is 3.09. The Labute approximate surface area is 115 Å². The molecule has 1 aromatic rings. The van der Waals surface area contributed by atoms with E-state index in [0.29, 0.717) is 16.3 Å². The van der Waals surface area contributed by atoms with Crippen molar-refractivity contribution < 1.29 is 4.92 Å². The second-order valence-electron chi connectivity index (χ2n) is 4.39. The van der Waals surface area contributed by atoms with Crippen LogP contribution in [0.4, 0.5) is 11.4 Å². The number of nitro groups is 1. The van der Waals surface area contributed by atoms with Gasteiger partial charge in [-0.3, -0.25) is 10.1 Å². The van der Waals surface area contributed by atoms with Crippen LogP contribution in [-0.2, 0) is 0 Å². The van der Waals surface area contributed by atoms with Crippen molar-refractivity contribution in [3.8, 4) is 0 Å². The number of halogens is 1. The summed E-state index contributed by atoms with van der Waals surface area (Å²) < 4.78 is 0. The van der Waals surface area contributed by atoms with Crippen molar-refractivity contribution in [3.05, 3.63) is 33.3 Å². The highest BCUT2D eigenvalue weighted by Gasteiger charge is 2.22. The number of rotatable bonds is 3. The maximum atomic E-state index is 10.6. The summed E-state index contributed by atoms with van der Waals surface area (Å²) in [6.45, 7) is 2.20. The molecule has 1 heterocycles. The fraction of sp³-hybridized carbons (Fsp3) is 0.500. The number of benzene rings is 1. The minimum atomic E-state index is -0.436. The highest BCUT2D eigenvalue weighted by molar-refractivity contribution is 8.00. The van der Waals surface area contributed by atoms with Crippen molar-refractivity contribution in [2.45, 2.75) is 31.1 Å². The van der Waals surface area contributed by atoms with Crippen molar-refractivity contribution in [1.82, 2.24) is 0 Å². The number of nitro benzene ring substituents is 1. The molecule has 0 radical (unpaired) electrons. The summed E-state index contributed by atoms with van der Waals surface area (Å²) in [6, 6.07) is 4.94. The van der Waals surface area contributed by atoms with Gasteiger partial charge in [-0.2, -0.15) is 11.8 Å². The number of thioether (sulfide) groups is 1. The lowest BCUT2D eigenvalue weighted by Crippen LogP contribution is -2.32. The smallest absolute Gasteiger partial charge is 0.271 e. The Bertz CT molecular complexity index is 456. The fourth-order valence-corrected chi connectivity index (χ4v) is 3.42. The average molecular weight is 287 g/mol. The van der Waals surface area contributed by atoms with Crippen LogP contribution in [0.1, 0.15) is 19.8 Å². The molecule has 4 nitrogen and oxygen atoms in total. The molecule has 1 aliphatic heterocycles. The van der Waals surface area contributed by atoms with E-state index in [1.165, 1.54) is 24.3 Å². The fourth-order valence-electron chi connectivity index (χ4n) is 2.05. The number of anilines is 1. The first-order valence-corrected chi connectivity index (χ1v) is 7.32. The summed E-state index contributed by atoms with van der Waals surface area (Å²) in [6.07, 6.45) is 2.30. The topological polar surface area (TPSA) is 55.2 Å². The Balaban J connectivity index is 2.11. The van der Waals surface area contributed by atoms with Crippen LogP contribution in [0.5, 0.6) is 0 Å². The summed E-state index contributed by atoms with van der Waals surface area (Å²) in [5.74, 6) is 1.20. The van der Waals surface area contributed by atoms with E-state index in [4.69, 9.17) is 11.6 Å². The Morgan fingerprint density at radius 1 is 1.56 bits per heavy atom. The van der Waals surface area contributed by atoms with Crippen LogP contribution in [0, 0.1) is 10.1 Å². The molecule has 2 atom stereocenters.